The van der Waals surface area contributed by atoms with Crippen molar-refractivity contribution in [3.05, 3.63) is 69.5 Å². The molecule has 0 aliphatic carbocycles. The summed E-state index contributed by atoms with van der Waals surface area (Å²) >= 11 is 11.9. The van der Waals surface area contributed by atoms with Crippen molar-refractivity contribution in [2.75, 3.05) is 5.32 Å². The van der Waals surface area contributed by atoms with Gasteiger partial charge in [-0.1, -0.05) is 35.3 Å². The molecule has 0 bridgehead atoms. The second-order valence-electron chi connectivity index (χ2n) is 5.54. The average molecular weight is 415 g/mol. The number of carbonyl (C=O) groups is 1. The number of rotatable bonds is 3. The second-order valence-corrected chi connectivity index (χ2v) is 6.38. The van der Waals surface area contributed by atoms with Crippen LogP contribution in [0.2, 0.25) is 10.0 Å². The summed E-state index contributed by atoms with van der Waals surface area (Å²) in [5, 5.41) is 7.08. The first-order valence-electron chi connectivity index (χ1n) is 7.52. The van der Waals surface area contributed by atoms with Crippen LogP contribution in [0.15, 0.2) is 42.6 Å². The molecule has 0 fully saturated rings. The molecule has 0 radical (unpaired) electrons. The van der Waals surface area contributed by atoms with E-state index in [4.69, 9.17) is 23.2 Å². The molecule has 2 aromatic heterocycles. The highest BCUT2D eigenvalue weighted by molar-refractivity contribution is 6.35. The van der Waals surface area contributed by atoms with Gasteiger partial charge in [-0.25, -0.2) is 4.98 Å². The molecule has 140 valence electrons. The van der Waals surface area contributed by atoms with Crippen molar-refractivity contribution in [3.8, 4) is 5.82 Å². The Morgan fingerprint density at radius 3 is 2.56 bits per heavy atom. The van der Waals surface area contributed by atoms with Gasteiger partial charge in [0.05, 0.1) is 26.9 Å². The van der Waals surface area contributed by atoms with E-state index >= 15 is 0 Å². The highest BCUT2D eigenvalue weighted by Crippen LogP contribution is 2.32. The molecule has 3 aromatic rings. The number of hydrogen-bond donors (Lipinski definition) is 1. The highest BCUT2D eigenvalue weighted by Gasteiger charge is 2.35. The third-order valence-corrected chi connectivity index (χ3v) is 4.02. The minimum Gasteiger partial charge on any atom is -0.306 e. The lowest BCUT2D eigenvalue weighted by Gasteiger charge is -2.13. The quantitative estimate of drug-likeness (QED) is 0.644. The van der Waals surface area contributed by atoms with Crippen LogP contribution < -0.4 is 5.32 Å². The van der Waals surface area contributed by atoms with Crippen LogP contribution in [-0.4, -0.2) is 20.7 Å². The van der Waals surface area contributed by atoms with Crippen LogP contribution in [0.25, 0.3) is 5.82 Å². The molecule has 1 amide bonds. The SMILES string of the molecule is Cc1cc(NC(=O)c2ccccc2C(F)(F)F)n(-c2ncc(Cl)cc2Cl)n1. The number of aryl methyl sites for hydroxylation is 1. The summed E-state index contributed by atoms with van der Waals surface area (Å²) in [6.07, 6.45) is -3.32. The third-order valence-electron chi connectivity index (χ3n) is 3.54. The maximum Gasteiger partial charge on any atom is 0.417 e. The number of nitrogens with zero attached hydrogens (tertiary/aromatic N) is 3. The summed E-state index contributed by atoms with van der Waals surface area (Å²) in [4.78, 5) is 16.6. The first-order chi connectivity index (χ1) is 12.7. The molecule has 0 unspecified atom stereocenters. The van der Waals surface area contributed by atoms with Crippen molar-refractivity contribution in [2.24, 2.45) is 0 Å². The Balaban J connectivity index is 2.00. The van der Waals surface area contributed by atoms with E-state index in [0.29, 0.717) is 10.7 Å². The monoisotopic (exact) mass is 414 g/mol. The largest absolute Gasteiger partial charge is 0.417 e. The van der Waals surface area contributed by atoms with Crippen molar-refractivity contribution in [1.82, 2.24) is 14.8 Å². The molecule has 27 heavy (non-hydrogen) atoms. The summed E-state index contributed by atoms with van der Waals surface area (Å²) in [5.74, 6) is -0.645. The van der Waals surface area contributed by atoms with Crippen molar-refractivity contribution in [2.45, 2.75) is 13.1 Å². The van der Waals surface area contributed by atoms with Gasteiger partial charge in [0.2, 0.25) is 0 Å². The third kappa shape index (κ3) is 4.06. The molecular weight excluding hydrogens is 404 g/mol. The number of halogens is 5. The fourth-order valence-electron chi connectivity index (χ4n) is 2.43. The first kappa shape index (κ1) is 19.2. The van der Waals surface area contributed by atoms with E-state index in [2.05, 4.69) is 15.4 Å². The molecule has 5 nitrogen and oxygen atoms in total. The molecule has 0 aliphatic rings. The fraction of sp³-hybridized carbons (Fsp3) is 0.118. The number of carbonyl (C=O) groups excluding carboxylic acids is 1. The molecule has 2 heterocycles. The lowest BCUT2D eigenvalue weighted by Crippen LogP contribution is -2.20. The van der Waals surface area contributed by atoms with Gasteiger partial charge in [-0.2, -0.15) is 23.0 Å². The lowest BCUT2D eigenvalue weighted by atomic mass is 10.1. The Morgan fingerprint density at radius 1 is 1.19 bits per heavy atom. The van der Waals surface area contributed by atoms with Crippen molar-refractivity contribution < 1.29 is 18.0 Å². The number of pyridine rings is 1. The van der Waals surface area contributed by atoms with Crippen molar-refractivity contribution in [1.29, 1.82) is 0 Å². The fourth-order valence-corrected chi connectivity index (χ4v) is 2.89. The number of hydrogen-bond acceptors (Lipinski definition) is 3. The van der Waals surface area contributed by atoms with Crippen molar-refractivity contribution in [3.63, 3.8) is 0 Å². The van der Waals surface area contributed by atoms with Crippen LogP contribution in [0.3, 0.4) is 0 Å². The van der Waals surface area contributed by atoms with Gasteiger partial charge in [-0.15, -0.1) is 0 Å². The van der Waals surface area contributed by atoms with Crippen LogP contribution in [0, 0.1) is 6.92 Å². The van der Waals surface area contributed by atoms with E-state index in [1.54, 1.807) is 6.92 Å². The average Bonchev–Trinajstić information content (AvgIpc) is 2.94. The Kier molecular flexibility index (Phi) is 5.12. The summed E-state index contributed by atoms with van der Waals surface area (Å²) in [6, 6.07) is 7.43. The lowest BCUT2D eigenvalue weighted by molar-refractivity contribution is -0.137. The molecule has 0 spiro atoms. The Bertz CT molecular complexity index is 1020. The van der Waals surface area contributed by atoms with Gasteiger partial charge in [0, 0.05) is 12.3 Å². The van der Waals surface area contributed by atoms with Crippen LogP contribution in [0.4, 0.5) is 19.0 Å². The number of benzene rings is 1. The van der Waals surface area contributed by atoms with E-state index in [-0.39, 0.29) is 16.7 Å². The molecule has 1 N–H and O–H groups in total. The predicted molar refractivity (Wildman–Crippen MR) is 95.5 cm³/mol. The highest BCUT2D eigenvalue weighted by atomic mass is 35.5. The zero-order valence-corrected chi connectivity index (χ0v) is 15.2. The van der Waals surface area contributed by atoms with Gasteiger partial charge in [0.25, 0.3) is 5.91 Å². The molecule has 0 aliphatic heterocycles. The Morgan fingerprint density at radius 2 is 1.89 bits per heavy atom. The number of aromatic nitrogens is 3. The number of anilines is 1. The number of alkyl halides is 3. The maximum atomic E-state index is 13.1. The standard InChI is InChI=1S/C17H11Cl2F3N4O/c1-9-6-14(26(25-9)15-13(19)7-10(18)8-23-15)24-16(27)11-4-2-3-5-12(11)17(20,21)22/h2-8H,1H3,(H,24,27). The molecule has 1 aromatic carbocycles. The van der Waals surface area contributed by atoms with Gasteiger partial charge in [0.15, 0.2) is 5.82 Å². The smallest absolute Gasteiger partial charge is 0.306 e. The summed E-state index contributed by atoms with van der Waals surface area (Å²) < 4.78 is 40.7. The molecule has 0 saturated heterocycles. The van der Waals surface area contributed by atoms with Crippen LogP contribution in [0.5, 0.6) is 0 Å². The normalized spacial score (nSPS) is 11.5. The predicted octanol–water partition coefficient (Wildman–Crippen LogP) is 5.15. The van der Waals surface area contributed by atoms with Gasteiger partial charge in [-0.05, 0) is 25.1 Å². The molecule has 10 heteroatoms. The van der Waals surface area contributed by atoms with E-state index in [0.717, 1.165) is 12.1 Å². The van der Waals surface area contributed by atoms with Crippen molar-refractivity contribution >= 4 is 34.9 Å². The zero-order chi connectivity index (χ0) is 19.8. The second kappa shape index (κ2) is 7.21. The van der Waals surface area contributed by atoms with Gasteiger partial charge < -0.3 is 5.32 Å². The summed E-state index contributed by atoms with van der Waals surface area (Å²) in [6.45, 7) is 1.65. The van der Waals surface area contributed by atoms with E-state index in [9.17, 15) is 18.0 Å². The topological polar surface area (TPSA) is 59.8 Å². The summed E-state index contributed by atoms with van der Waals surface area (Å²) in [5.41, 5.74) is -1.04. The molecular formula is C17H11Cl2F3N4O. The van der Waals surface area contributed by atoms with E-state index in [1.807, 2.05) is 0 Å². The van der Waals surface area contributed by atoms with Crippen LogP contribution in [-0.2, 0) is 6.18 Å². The summed E-state index contributed by atoms with van der Waals surface area (Å²) in [7, 11) is 0. The Hall–Kier alpha value is -2.58. The van der Waals surface area contributed by atoms with Gasteiger partial charge in [0.1, 0.15) is 5.82 Å². The zero-order valence-electron chi connectivity index (χ0n) is 13.7. The minimum atomic E-state index is -4.66. The molecule has 3 rings (SSSR count). The minimum absolute atomic E-state index is 0.117. The van der Waals surface area contributed by atoms with Gasteiger partial charge >= 0.3 is 6.18 Å². The number of amides is 1. The number of nitrogens with one attached hydrogen (secondary N) is 1. The molecule has 0 atom stereocenters. The van der Waals surface area contributed by atoms with Crippen LogP contribution >= 0.6 is 23.2 Å². The van der Waals surface area contributed by atoms with E-state index < -0.39 is 23.2 Å². The van der Waals surface area contributed by atoms with Crippen LogP contribution in [0.1, 0.15) is 21.6 Å². The van der Waals surface area contributed by atoms with Gasteiger partial charge in [-0.3, -0.25) is 4.79 Å². The molecule has 0 saturated carbocycles. The maximum absolute atomic E-state index is 13.1. The van der Waals surface area contributed by atoms with E-state index in [1.165, 1.54) is 35.1 Å². The first-order valence-corrected chi connectivity index (χ1v) is 8.28. The Labute approximate surface area is 161 Å².